The fourth-order valence-corrected chi connectivity index (χ4v) is 6.59. The van der Waals surface area contributed by atoms with Crippen LogP contribution in [-0.2, 0) is 0 Å². The summed E-state index contributed by atoms with van der Waals surface area (Å²) in [5.41, 5.74) is 5.33. The Balaban J connectivity index is 1.65. The number of benzene rings is 4. The average Bonchev–Trinajstić information content (AvgIpc) is 3.03. The van der Waals surface area contributed by atoms with Crippen molar-refractivity contribution in [1.29, 1.82) is 0 Å². The molecule has 222 valence electrons. The number of unbranched alkanes of at least 4 members (excludes halogenated alkanes) is 9. The maximum Gasteiger partial charge on any atom is 0.0615 e. The quantitative estimate of drug-likeness (QED) is 0.110. The normalized spacial score (nSPS) is 12.0. The largest absolute Gasteiger partial charge is 0.276 e. The maximum atomic E-state index is 2.83. The Bertz CT molecular complexity index is 1070. The van der Waals surface area contributed by atoms with Crippen LogP contribution in [0.4, 0.5) is 0 Å². The van der Waals surface area contributed by atoms with Crippen LogP contribution >= 0.6 is 0 Å². The lowest BCUT2D eigenvalue weighted by molar-refractivity contribution is 0.0434. The lowest BCUT2D eigenvalue weighted by Gasteiger charge is -2.49. The van der Waals surface area contributed by atoms with Gasteiger partial charge in [0.1, 0.15) is 0 Å². The third kappa shape index (κ3) is 9.17. The zero-order chi connectivity index (χ0) is 29.5. The van der Waals surface area contributed by atoms with Crippen LogP contribution in [0.2, 0.25) is 0 Å². The van der Waals surface area contributed by atoms with Crippen LogP contribution in [0.1, 0.15) is 126 Å². The van der Waals surface area contributed by atoms with Crippen molar-refractivity contribution in [2.45, 2.75) is 109 Å². The lowest BCUT2D eigenvalue weighted by Crippen LogP contribution is -2.49. The third-order valence-electron chi connectivity index (χ3n) is 8.86. The van der Waals surface area contributed by atoms with Gasteiger partial charge in [-0.25, -0.2) is 0 Å². The molecule has 0 aliphatic rings. The van der Waals surface area contributed by atoms with Crippen LogP contribution in [0.15, 0.2) is 121 Å². The third-order valence-corrected chi connectivity index (χ3v) is 8.86. The fraction of sp³-hybridized carbons (Fsp3) is 0.415. The molecule has 0 spiro atoms. The van der Waals surface area contributed by atoms with E-state index in [2.05, 4.69) is 147 Å². The lowest BCUT2D eigenvalue weighted by atomic mass is 9.83. The molecule has 42 heavy (non-hydrogen) atoms. The van der Waals surface area contributed by atoms with Crippen LogP contribution < -0.4 is 0 Å². The molecular formula is C41H53N. The molecule has 0 saturated carbocycles. The molecule has 4 rings (SSSR count). The van der Waals surface area contributed by atoms with E-state index in [1.54, 1.807) is 0 Å². The van der Waals surface area contributed by atoms with Crippen LogP contribution in [0.5, 0.6) is 0 Å². The Morgan fingerprint density at radius 2 is 0.714 bits per heavy atom. The van der Waals surface area contributed by atoms with E-state index in [0.717, 1.165) is 6.42 Å². The molecule has 4 aromatic carbocycles. The van der Waals surface area contributed by atoms with E-state index in [4.69, 9.17) is 0 Å². The van der Waals surface area contributed by atoms with Gasteiger partial charge in [-0.05, 0) is 42.5 Å². The van der Waals surface area contributed by atoms with Crippen LogP contribution in [0.25, 0.3) is 0 Å². The second kappa shape index (κ2) is 17.1. The van der Waals surface area contributed by atoms with Crippen molar-refractivity contribution in [2.75, 3.05) is 0 Å². The topological polar surface area (TPSA) is 3.24 Å². The Morgan fingerprint density at radius 1 is 0.429 bits per heavy atom. The summed E-state index contributed by atoms with van der Waals surface area (Å²) in [5.74, 6) is 0. The van der Waals surface area contributed by atoms with Gasteiger partial charge in [-0.2, -0.15) is 0 Å². The van der Waals surface area contributed by atoms with Crippen LogP contribution in [-0.4, -0.2) is 10.4 Å². The van der Waals surface area contributed by atoms with Gasteiger partial charge in [0.2, 0.25) is 0 Å². The van der Waals surface area contributed by atoms with E-state index in [1.165, 1.54) is 86.5 Å². The first-order chi connectivity index (χ1) is 20.6. The molecule has 1 nitrogen and oxygen atoms in total. The molecule has 0 aliphatic carbocycles. The minimum absolute atomic E-state index is 0.0488. The number of hydrogen-bond acceptors (Lipinski definition) is 1. The smallest absolute Gasteiger partial charge is 0.0615 e. The average molecular weight is 560 g/mol. The van der Waals surface area contributed by atoms with Gasteiger partial charge in [0.05, 0.1) is 12.1 Å². The van der Waals surface area contributed by atoms with Crippen LogP contribution in [0.3, 0.4) is 0 Å². The predicted molar refractivity (Wildman–Crippen MR) is 182 cm³/mol. The molecule has 0 aliphatic heterocycles. The Labute approximate surface area is 257 Å². The first-order valence-electron chi connectivity index (χ1n) is 16.6. The van der Waals surface area contributed by atoms with Gasteiger partial charge < -0.3 is 0 Å². The Morgan fingerprint density at radius 3 is 1.02 bits per heavy atom. The second-order valence-corrected chi connectivity index (χ2v) is 12.6. The van der Waals surface area contributed by atoms with Crippen molar-refractivity contribution < 1.29 is 0 Å². The van der Waals surface area contributed by atoms with E-state index in [-0.39, 0.29) is 17.6 Å². The molecule has 4 aromatic rings. The fourth-order valence-electron chi connectivity index (χ4n) is 6.59. The van der Waals surface area contributed by atoms with Crippen molar-refractivity contribution >= 4 is 0 Å². The summed E-state index contributed by atoms with van der Waals surface area (Å²) in [5, 5.41) is 0. The molecule has 1 heteroatoms. The van der Waals surface area contributed by atoms with E-state index >= 15 is 0 Å². The highest BCUT2D eigenvalue weighted by molar-refractivity contribution is 5.38. The van der Waals surface area contributed by atoms with E-state index in [9.17, 15) is 0 Å². The van der Waals surface area contributed by atoms with Crippen molar-refractivity contribution in [1.82, 2.24) is 4.90 Å². The molecule has 0 atom stereocenters. The van der Waals surface area contributed by atoms with Gasteiger partial charge in [0.15, 0.2) is 0 Å². The van der Waals surface area contributed by atoms with Crippen molar-refractivity contribution in [3.05, 3.63) is 144 Å². The van der Waals surface area contributed by atoms with Gasteiger partial charge in [-0.3, -0.25) is 4.90 Å². The number of hydrogen-bond donors (Lipinski definition) is 0. The van der Waals surface area contributed by atoms with Crippen molar-refractivity contribution in [3.8, 4) is 0 Å². The summed E-state index contributed by atoms with van der Waals surface area (Å²) in [7, 11) is 0. The molecule has 0 aromatic heterocycles. The molecule has 0 radical (unpaired) electrons. The zero-order valence-electron chi connectivity index (χ0n) is 26.4. The van der Waals surface area contributed by atoms with E-state index < -0.39 is 0 Å². The van der Waals surface area contributed by atoms with Gasteiger partial charge in [-0.1, -0.05) is 192 Å². The highest BCUT2D eigenvalue weighted by Gasteiger charge is 2.40. The number of rotatable bonds is 18. The van der Waals surface area contributed by atoms with Crippen molar-refractivity contribution in [2.24, 2.45) is 0 Å². The molecule has 0 N–H and O–H groups in total. The minimum Gasteiger partial charge on any atom is -0.276 e. The van der Waals surface area contributed by atoms with Gasteiger partial charge in [-0.15, -0.1) is 0 Å². The predicted octanol–water partition coefficient (Wildman–Crippen LogP) is 12.0. The minimum atomic E-state index is -0.0488. The summed E-state index contributed by atoms with van der Waals surface area (Å²) in [4.78, 5) is 2.83. The standard InChI is InChI=1S/C41H53N/c1-4-5-6-7-8-9-10-11-12-25-34-41(2,3)42(39(35-26-17-13-18-27-35)36-28-19-14-20-29-36)40(37-30-21-15-22-31-37)38-32-23-16-24-33-38/h13-24,26-33,39-40H,4-12,25,34H2,1-3H3. The van der Waals surface area contributed by atoms with Gasteiger partial charge in [0, 0.05) is 5.54 Å². The summed E-state index contributed by atoms with van der Waals surface area (Å²) < 4.78 is 0. The van der Waals surface area contributed by atoms with Gasteiger partial charge >= 0.3 is 0 Å². The highest BCUT2D eigenvalue weighted by Crippen LogP contribution is 2.45. The molecule has 0 amide bonds. The molecule has 0 saturated heterocycles. The zero-order valence-corrected chi connectivity index (χ0v) is 26.4. The molecule has 0 unspecified atom stereocenters. The van der Waals surface area contributed by atoms with E-state index in [0.29, 0.717) is 0 Å². The Kier molecular flexibility index (Phi) is 12.9. The summed E-state index contributed by atoms with van der Waals surface area (Å²) in [6.45, 7) is 7.27. The molecular weight excluding hydrogens is 506 g/mol. The van der Waals surface area contributed by atoms with E-state index in [1.807, 2.05) is 0 Å². The Hall–Kier alpha value is -3.16. The first-order valence-corrected chi connectivity index (χ1v) is 16.6. The second-order valence-electron chi connectivity index (χ2n) is 12.6. The van der Waals surface area contributed by atoms with Crippen molar-refractivity contribution in [3.63, 3.8) is 0 Å². The summed E-state index contributed by atoms with van der Waals surface area (Å²) in [6, 6.07) is 44.8. The van der Waals surface area contributed by atoms with Gasteiger partial charge in [0.25, 0.3) is 0 Å². The number of nitrogens with zero attached hydrogens (tertiary/aromatic N) is 1. The summed E-state index contributed by atoms with van der Waals surface area (Å²) >= 11 is 0. The van der Waals surface area contributed by atoms with Crippen LogP contribution in [0, 0.1) is 0 Å². The highest BCUT2D eigenvalue weighted by atomic mass is 15.2. The molecule has 0 heterocycles. The monoisotopic (exact) mass is 559 g/mol. The summed E-state index contributed by atoms with van der Waals surface area (Å²) in [6.07, 6.45) is 14.8. The first kappa shape index (κ1) is 31.8. The molecule has 0 fully saturated rings. The SMILES string of the molecule is CCCCCCCCCCCCC(C)(C)N(C(c1ccccc1)c1ccccc1)C(c1ccccc1)c1ccccc1. The maximum absolute atomic E-state index is 2.83. The molecule has 0 bridgehead atoms.